The molecule has 0 aliphatic carbocycles. The van der Waals surface area contributed by atoms with Crippen molar-refractivity contribution in [1.29, 1.82) is 0 Å². The number of unbranched alkanes of at least 4 members (excludes halogenated alkanes) is 1. The second kappa shape index (κ2) is 9.22. The van der Waals surface area contributed by atoms with Gasteiger partial charge in [0.25, 0.3) is 11.4 Å². The molecule has 1 heterocycles. The number of anilines is 2. The Morgan fingerprint density at radius 3 is 2.41 bits per heavy atom. The van der Waals surface area contributed by atoms with Gasteiger partial charge in [0.2, 0.25) is 0 Å². The maximum absolute atomic E-state index is 11.4. The van der Waals surface area contributed by atoms with Gasteiger partial charge < -0.3 is 15.0 Å². The number of nitro groups is 2. The second-order valence-corrected chi connectivity index (χ2v) is 6.89. The van der Waals surface area contributed by atoms with Crippen LogP contribution in [0, 0.1) is 26.3 Å². The predicted molar refractivity (Wildman–Crippen MR) is 110 cm³/mol. The first-order valence-electron chi connectivity index (χ1n) is 9.56. The van der Waals surface area contributed by atoms with Crippen LogP contribution in [0.25, 0.3) is 0 Å². The molecule has 1 radical (unpaired) electrons. The van der Waals surface area contributed by atoms with Crippen molar-refractivity contribution in [3.8, 4) is 5.75 Å². The Bertz CT molecular complexity index is 839. The molecule has 9 heteroatoms. The molecule has 1 saturated heterocycles. The minimum absolute atomic E-state index is 0.0188. The van der Waals surface area contributed by atoms with Crippen LogP contribution in [0.15, 0.2) is 36.4 Å². The summed E-state index contributed by atoms with van der Waals surface area (Å²) in [7, 11) is 0. The largest absolute Gasteiger partial charge is 0.494 e. The molecule has 1 N–H and O–H groups in total. The number of rotatable bonds is 9. The van der Waals surface area contributed by atoms with Crippen LogP contribution in [-0.2, 0) is 0 Å². The Hall–Kier alpha value is -3.36. The molecule has 0 unspecified atom stereocenters. The van der Waals surface area contributed by atoms with Gasteiger partial charge in [-0.05, 0) is 43.2 Å². The van der Waals surface area contributed by atoms with Crippen molar-refractivity contribution in [2.45, 2.75) is 32.2 Å². The molecule has 0 bridgehead atoms. The molecule has 2 aromatic rings. The maximum atomic E-state index is 11.4. The van der Waals surface area contributed by atoms with Crippen molar-refractivity contribution >= 4 is 22.7 Å². The smallest absolute Gasteiger partial charge is 0.300 e. The number of ether oxygens (including phenoxy) is 1. The lowest BCUT2D eigenvalue weighted by Crippen LogP contribution is -2.27. The van der Waals surface area contributed by atoms with E-state index in [4.69, 9.17) is 4.74 Å². The van der Waals surface area contributed by atoms with Gasteiger partial charge in [0.05, 0.1) is 16.5 Å². The normalized spacial score (nSPS) is 15.9. The van der Waals surface area contributed by atoms with Crippen LogP contribution in [0.3, 0.4) is 0 Å². The van der Waals surface area contributed by atoms with Crippen molar-refractivity contribution in [2.24, 2.45) is 0 Å². The highest BCUT2D eigenvalue weighted by Gasteiger charge is 2.34. The zero-order valence-electron chi connectivity index (χ0n) is 16.2. The van der Waals surface area contributed by atoms with E-state index in [2.05, 4.69) is 18.3 Å². The molecule has 0 saturated carbocycles. The van der Waals surface area contributed by atoms with Gasteiger partial charge in [-0.3, -0.25) is 20.2 Å². The van der Waals surface area contributed by atoms with Crippen LogP contribution in [0.2, 0.25) is 0 Å². The fourth-order valence-electron chi connectivity index (χ4n) is 3.37. The van der Waals surface area contributed by atoms with Gasteiger partial charge in [-0.1, -0.05) is 13.3 Å². The lowest BCUT2D eigenvalue weighted by Gasteiger charge is -2.19. The monoisotopic (exact) mass is 399 g/mol. The summed E-state index contributed by atoms with van der Waals surface area (Å²) in [5.74, 6) is 0.809. The topological polar surface area (TPSA) is 111 Å². The standard InChI is InChI=1S/C20H23N4O5/c1-2-3-13-29-17-9-7-15(8-10-17)21-16-11-12-22(14-16)20-18(23(25)26)5-4-6-19(20)24(27)28/h5-10,16,21H,2-3,11-14H2,1H3/t16-/m1/s1. The third kappa shape index (κ3) is 4.92. The SMILES string of the molecule is CCCCOc1ccc(N[C@@H]2CCN(c3c([N+](=O)[O-])c[c]cc3[N+](=O)[O-])C2)cc1. The van der Waals surface area contributed by atoms with E-state index in [0.29, 0.717) is 26.1 Å². The van der Waals surface area contributed by atoms with Gasteiger partial charge >= 0.3 is 0 Å². The first kappa shape index (κ1) is 20.4. The van der Waals surface area contributed by atoms with E-state index in [9.17, 15) is 20.2 Å². The molecule has 29 heavy (non-hydrogen) atoms. The lowest BCUT2D eigenvalue weighted by molar-refractivity contribution is -0.392. The highest BCUT2D eigenvalue weighted by Crippen LogP contribution is 2.39. The van der Waals surface area contributed by atoms with Crippen molar-refractivity contribution in [1.82, 2.24) is 0 Å². The van der Waals surface area contributed by atoms with Gasteiger partial charge in [0.15, 0.2) is 5.69 Å². The number of hydrogen-bond acceptors (Lipinski definition) is 7. The number of benzene rings is 2. The zero-order valence-corrected chi connectivity index (χ0v) is 16.2. The van der Waals surface area contributed by atoms with Crippen molar-refractivity contribution < 1.29 is 14.6 Å². The molecule has 3 rings (SSSR count). The molecule has 0 amide bonds. The Morgan fingerprint density at radius 1 is 1.17 bits per heavy atom. The van der Waals surface area contributed by atoms with Crippen LogP contribution >= 0.6 is 0 Å². The highest BCUT2D eigenvalue weighted by molar-refractivity contribution is 5.75. The Kier molecular flexibility index (Phi) is 6.48. The van der Waals surface area contributed by atoms with Gasteiger partial charge in [-0.2, -0.15) is 0 Å². The van der Waals surface area contributed by atoms with E-state index in [1.807, 2.05) is 24.3 Å². The summed E-state index contributed by atoms with van der Waals surface area (Å²) in [5, 5.41) is 26.1. The first-order chi connectivity index (χ1) is 14.0. The van der Waals surface area contributed by atoms with Gasteiger partial charge in [0.1, 0.15) is 5.75 Å². The summed E-state index contributed by atoms with van der Waals surface area (Å²) < 4.78 is 5.65. The van der Waals surface area contributed by atoms with Crippen molar-refractivity contribution in [3.63, 3.8) is 0 Å². The minimum Gasteiger partial charge on any atom is -0.494 e. The Balaban J connectivity index is 1.68. The minimum atomic E-state index is -0.600. The van der Waals surface area contributed by atoms with E-state index in [1.165, 1.54) is 12.1 Å². The van der Waals surface area contributed by atoms with Crippen LogP contribution in [0.1, 0.15) is 26.2 Å². The van der Waals surface area contributed by atoms with E-state index in [1.54, 1.807) is 4.90 Å². The third-order valence-corrected chi connectivity index (χ3v) is 4.81. The lowest BCUT2D eigenvalue weighted by atomic mass is 10.2. The van der Waals surface area contributed by atoms with Crippen LogP contribution in [-0.4, -0.2) is 35.6 Å². The molecule has 1 atom stereocenters. The van der Waals surface area contributed by atoms with Gasteiger partial charge in [0, 0.05) is 37.0 Å². The van der Waals surface area contributed by atoms with Gasteiger partial charge in [-0.25, -0.2) is 0 Å². The third-order valence-electron chi connectivity index (χ3n) is 4.81. The zero-order chi connectivity index (χ0) is 20.8. The number of nitro benzene ring substituents is 2. The molecular formula is C20H23N4O5. The van der Waals surface area contributed by atoms with E-state index in [0.717, 1.165) is 24.3 Å². The summed E-state index contributed by atoms with van der Waals surface area (Å²) in [4.78, 5) is 23.2. The quantitative estimate of drug-likeness (QED) is 0.383. The molecule has 0 spiro atoms. The number of hydrogen-bond donors (Lipinski definition) is 1. The molecule has 1 aliphatic heterocycles. The molecule has 153 valence electrons. The van der Waals surface area contributed by atoms with E-state index >= 15 is 0 Å². The molecule has 1 aliphatic rings. The van der Waals surface area contributed by atoms with Crippen LogP contribution < -0.4 is 15.0 Å². The average molecular weight is 399 g/mol. The summed E-state index contributed by atoms with van der Waals surface area (Å²) in [6.45, 7) is 3.72. The summed E-state index contributed by atoms with van der Waals surface area (Å²) >= 11 is 0. The van der Waals surface area contributed by atoms with Gasteiger partial charge in [-0.15, -0.1) is 0 Å². The predicted octanol–water partition coefficient (Wildman–Crippen LogP) is 4.17. The molecule has 0 aromatic heterocycles. The van der Waals surface area contributed by atoms with E-state index < -0.39 is 9.85 Å². The van der Waals surface area contributed by atoms with Crippen molar-refractivity contribution in [3.05, 3.63) is 62.7 Å². The second-order valence-electron chi connectivity index (χ2n) is 6.89. The number of nitrogens with one attached hydrogen (secondary N) is 1. The summed E-state index contributed by atoms with van der Waals surface area (Å²) in [6, 6.07) is 12.5. The molecular weight excluding hydrogens is 376 g/mol. The molecule has 1 fully saturated rings. The Labute approximate surface area is 168 Å². The molecule has 9 nitrogen and oxygen atoms in total. The van der Waals surface area contributed by atoms with E-state index in [-0.39, 0.29) is 23.1 Å². The summed E-state index contributed by atoms with van der Waals surface area (Å²) in [6.07, 6.45) is 2.79. The average Bonchev–Trinajstić information content (AvgIpc) is 3.17. The summed E-state index contributed by atoms with van der Waals surface area (Å²) in [5.41, 5.74) is 0.356. The van der Waals surface area contributed by atoms with Crippen LogP contribution in [0.5, 0.6) is 5.75 Å². The first-order valence-corrected chi connectivity index (χ1v) is 9.56. The fraction of sp³-hybridized carbons (Fsp3) is 0.400. The van der Waals surface area contributed by atoms with Crippen LogP contribution in [0.4, 0.5) is 22.7 Å². The Morgan fingerprint density at radius 2 is 1.83 bits per heavy atom. The maximum Gasteiger partial charge on any atom is 0.300 e. The van der Waals surface area contributed by atoms with Crippen molar-refractivity contribution in [2.75, 3.05) is 29.9 Å². The molecule has 2 aromatic carbocycles. The number of nitrogens with zero attached hydrogens (tertiary/aromatic N) is 3. The fourth-order valence-corrected chi connectivity index (χ4v) is 3.37. The highest BCUT2D eigenvalue weighted by atomic mass is 16.6.